The van der Waals surface area contributed by atoms with E-state index in [1.807, 2.05) is 41.9 Å². The molecular weight excluding hydrogens is 306 g/mol. The Kier molecular flexibility index (Phi) is 3.34. The van der Waals surface area contributed by atoms with Crippen LogP contribution in [0.15, 0.2) is 53.8 Å². The van der Waals surface area contributed by atoms with Gasteiger partial charge in [0.1, 0.15) is 5.39 Å². The van der Waals surface area contributed by atoms with Crippen LogP contribution in [0.2, 0.25) is 0 Å². The highest BCUT2D eigenvalue weighted by Crippen LogP contribution is 2.14. The predicted octanol–water partition coefficient (Wildman–Crippen LogP) is 1.45. The molecule has 0 bridgehead atoms. The van der Waals surface area contributed by atoms with Gasteiger partial charge in [0.2, 0.25) is 5.95 Å². The second-order valence-corrected chi connectivity index (χ2v) is 5.39. The van der Waals surface area contributed by atoms with Crippen LogP contribution in [0.5, 0.6) is 0 Å². The maximum atomic E-state index is 12.3. The number of anilines is 1. The van der Waals surface area contributed by atoms with Crippen molar-refractivity contribution >= 4 is 17.0 Å². The summed E-state index contributed by atoms with van der Waals surface area (Å²) >= 11 is 0. The molecule has 24 heavy (non-hydrogen) atoms. The van der Waals surface area contributed by atoms with Crippen LogP contribution < -0.4 is 10.9 Å². The Hall–Kier alpha value is -3.42. The third kappa shape index (κ3) is 2.43. The van der Waals surface area contributed by atoms with E-state index in [0.29, 0.717) is 23.5 Å². The molecule has 3 heterocycles. The van der Waals surface area contributed by atoms with Gasteiger partial charge in [0.05, 0.1) is 30.5 Å². The highest BCUT2D eigenvalue weighted by Gasteiger charge is 2.11. The third-order valence-electron chi connectivity index (χ3n) is 3.79. The Bertz CT molecular complexity index is 1050. The fourth-order valence-electron chi connectivity index (χ4n) is 2.49. The second kappa shape index (κ2) is 5.65. The lowest BCUT2D eigenvalue weighted by molar-refractivity contribution is 0.831. The smallest absolute Gasteiger partial charge is 0.263 e. The zero-order valence-corrected chi connectivity index (χ0v) is 13.0. The maximum Gasteiger partial charge on any atom is 0.263 e. The molecule has 4 rings (SSSR count). The first-order chi connectivity index (χ1) is 11.7. The Labute approximate surface area is 136 Å². The molecule has 0 amide bonds. The molecule has 1 aromatic carbocycles. The lowest BCUT2D eigenvalue weighted by Gasteiger charge is -2.07. The van der Waals surface area contributed by atoms with Crippen LogP contribution in [0, 0.1) is 0 Å². The maximum absolute atomic E-state index is 12.3. The van der Waals surface area contributed by atoms with E-state index < -0.39 is 0 Å². The minimum Gasteiger partial charge on any atom is -0.350 e. The molecule has 8 nitrogen and oxygen atoms in total. The molecule has 0 atom stereocenters. The summed E-state index contributed by atoms with van der Waals surface area (Å²) in [5.41, 5.74) is 2.12. The Morgan fingerprint density at radius 1 is 1.21 bits per heavy atom. The number of hydrogen-bond donors (Lipinski definition) is 2. The second-order valence-electron chi connectivity index (χ2n) is 5.39. The van der Waals surface area contributed by atoms with Gasteiger partial charge in [-0.15, -0.1) is 0 Å². The van der Waals surface area contributed by atoms with Crippen LogP contribution in [0.25, 0.3) is 16.7 Å². The van der Waals surface area contributed by atoms with Crippen molar-refractivity contribution in [3.8, 4) is 5.69 Å². The van der Waals surface area contributed by atoms with Crippen molar-refractivity contribution in [1.82, 2.24) is 29.3 Å². The van der Waals surface area contributed by atoms with Crippen molar-refractivity contribution in [3.63, 3.8) is 0 Å². The average Bonchev–Trinajstić information content (AvgIpc) is 3.20. The van der Waals surface area contributed by atoms with Gasteiger partial charge in [0.15, 0.2) is 5.65 Å². The van der Waals surface area contributed by atoms with E-state index in [4.69, 9.17) is 0 Å². The van der Waals surface area contributed by atoms with Crippen LogP contribution >= 0.6 is 0 Å². The standard InChI is InChI=1S/C16H15N7O/c1-22-10-17-7-12(22)8-18-16-20-14-13(15(24)21-16)9-19-23(14)11-5-3-2-4-6-11/h2-7,9-10H,8H2,1H3,(H2,18,20,21,24). The molecule has 8 heteroatoms. The van der Waals surface area contributed by atoms with Crippen LogP contribution in [-0.2, 0) is 13.6 Å². The molecule has 0 aliphatic carbocycles. The number of para-hydroxylation sites is 1. The van der Waals surface area contributed by atoms with Gasteiger partial charge in [-0.3, -0.25) is 9.78 Å². The number of fused-ring (bicyclic) bond motifs is 1. The summed E-state index contributed by atoms with van der Waals surface area (Å²) in [6.07, 6.45) is 5.01. The molecule has 4 aromatic rings. The summed E-state index contributed by atoms with van der Waals surface area (Å²) in [4.78, 5) is 23.6. The lowest BCUT2D eigenvalue weighted by atomic mass is 10.3. The molecule has 120 valence electrons. The number of aryl methyl sites for hydroxylation is 1. The summed E-state index contributed by atoms with van der Waals surface area (Å²) in [6.45, 7) is 0.504. The minimum atomic E-state index is -0.227. The van der Waals surface area contributed by atoms with Gasteiger partial charge in [0, 0.05) is 13.2 Å². The number of aromatic nitrogens is 6. The topological polar surface area (TPSA) is 93.4 Å². The normalized spacial score (nSPS) is 11.0. The Morgan fingerprint density at radius 2 is 2.04 bits per heavy atom. The van der Waals surface area contributed by atoms with Crippen molar-refractivity contribution < 1.29 is 0 Å². The quantitative estimate of drug-likeness (QED) is 0.593. The molecule has 0 unspecified atom stereocenters. The van der Waals surface area contributed by atoms with Gasteiger partial charge in [-0.25, -0.2) is 9.67 Å². The number of H-pyrrole nitrogens is 1. The monoisotopic (exact) mass is 321 g/mol. The van der Waals surface area contributed by atoms with Crippen LogP contribution in [0.3, 0.4) is 0 Å². The number of rotatable bonds is 4. The summed E-state index contributed by atoms with van der Waals surface area (Å²) in [6, 6.07) is 9.58. The fourth-order valence-corrected chi connectivity index (χ4v) is 2.49. The van der Waals surface area contributed by atoms with Crippen molar-refractivity contribution in [2.24, 2.45) is 7.05 Å². The van der Waals surface area contributed by atoms with Crippen LogP contribution in [0.1, 0.15) is 5.69 Å². The largest absolute Gasteiger partial charge is 0.350 e. The van der Waals surface area contributed by atoms with Gasteiger partial charge < -0.3 is 9.88 Å². The zero-order chi connectivity index (χ0) is 16.5. The molecular formula is C16H15N7O. The van der Waals surface area contributed by atoms with E-state index in [9.17, 15) is 4.79 Å². The van der Waals surface area contributed by atoms with Crippen molar-refractivity contribution in [1.29, 1.82) is 0 Å². The fraction of sp³-hybridized carbons (Fsp3) is 0.125. The highest BCUT2D eigenvalue weighted by atomic mass is 16.1. The first-order valence-corrected chi connectivity index (χ1v) is 7.45. The number of nitrogens with one attached hydrogen (secondary N) is 2. The SMILES string of the molecule is Cn1cncc1CNc1nc2c(cnn2-c2ccccc2)c(=O)[nH]1. The molecule has 2 N–H and O–H groups in total. The number of benzene rings is 1. The zero-order valence-electron chi connectivity index (χ0n) is 13.0. The third-order valence-corrected chi connectivity index (χ3v) is 3.79. The Morgan fingerprint density at radius 3 is 2.79 bits per heavy atom. The van der Waals surface area contributed by atoms with Crippen molar-refractivity contribution in [2.75, 3.05) is 5.32 Å². The van der Waals surface area contributed by atoms with E-state index in [1.165, 1.54) is 6.20 Å². The minimum absolute atomic E-state index is 0.227. The summed E-state index contributed by atoms with van der Waals surface area (Å²) in [5.74, 6) is 0.395. The molecule has 0 saturated carbocycles. The summed E-state index contributed by atoms with van der Waals surface area (Å²) < 4.78 is 3.55. The molecule has 3 aromatic heterocycles. The number of imidazole rings is 1. The van der Waals surface area contributed by atoms with Gasteiger partial charge in [-0.1, -0.05) is 18.2 Å². The first kappa shape index (κ1) is 14.2. The molecule has 0 fully saturated rings. The summed E-state index contributed by atoms with van der Waals surface area (Å²) in [7, 11) is 1.91. The number of aromatic amines is 1. The lowest BCUT2D eigenvalue weighted by Crippen LogP contribution is -2.14. The van der Waals surface area contributed by atoms with Crippen molar-refractivity contribution in [3.05, 3.63) is 65.1 Å². The van der Waals surface area contributed by atoms with E-state index in [-0.39, 0.29) is 5.56 Å². The molecule has 0 aliphatic rings. The number of nitrogens with zero attached hydrogens (tertiary/aromatic N) is 5. The molecule has 0 radical (unpaired) electrons. The van der Waals surface area contributed by atoms with Gasteiger partial charge in [0.25, 0.3) is 5.56 Å². The summed E-state index contributed by atoms with van der Waals surface area (Å²) in [5, 5.41) is 7.85. The average molecular weight is 321 g/mol. The van der Waals surface area contributed by atoms with E-state index in [0.717, 1.165) is 11.4 Å². The predicted molar refractivity (Wildman–Crippen MR) is 90.0 cm³/mol. The molecule has 0 spiro atoms. The Balaban J connectivity index is 1.73. The van der Waals surface area contributed by atoms with Crippen LogP contribution in [0.4, 0.5) is 5.95 Å². The van der Waals surface area contributed by atoms with Gasteiger partial charge in [-0.2, -0.15) is 10.1 Å². The van der Waals surface area contributed by atoms with Crippen LogP contribution in [-0.4, -0.2) is 29.3 Å². The molecule has 0 saturated heterocycles. The van der Waals surface area contributed by atoms with E-state index in [2.05, 4.69) is 25.4 Å². The highest BCUT2D eigenvalue weighted by molar-refractivity contribution is 5.76. The van der Waals surface area contributed by atoms with Crippen molar-refractivity contribution in [2.45, 2.75) is 6.54 Å². The van der Waals surface area contributed by atoms with E-state index in [1.54, 1.807) is 17.2 Å². The van der Waals surface area contributed by atoms with E-state index >= 15 is 0 Å². The first-order valence-electron chi connectivity index (χ1n) is 7.45. The molecule has 0 aliphatic heterocycles. The number of hydrogen-bond acceptors (Lipinski definition) is 5. The van der Waals surface area contributed by atoms with Gasteiger partial charge >= 0.3 is 0 Å². The van der Waals surface area contributed by atoms with Gasteiger partial charge in [-0.05, 0) is 12.1 Å².